The van der Waals surface area contributed by atoms with Gasteiger partial charge in [-0.1, -0.05) is 61.5 Å². The highest BCUT2D eigenvalue weighted by molar-refractivity contribution is 5.82. The van der Waals surface area contributed by atoms with E-state index in [4.69, 9.17) is 0 Å². The summed E-state index contributed by atoms with van der Waals surface area (Å²) in [4.78, 5) is 30.1. The molecule has 172 valence electrons. The molecule has 1 aromatic heterocycles. The minimum absolute atomic E-state index is 0.0275. The van der Waals surface area contributed by atoms with E-state index in [1.807, 2.05) is 34.1 Å². The lowest BCUT2D eigenvalue weighted by atomic mass is 9.94. The molecular formula is C25H30N6O2. The van der Waals surface area contributed by atoms with Crippen LogP contribution in [-0.2, 0) is 22.6 Å². The molecule has 0 bridgehead atoms. The second-order valence-electron chi connectivity index (χ2n) is 8.46. The summed E-state index contributed by atoms with van der Waals surface area (Å²) in [7, 11) is 0. The summed E-state index contributed by atoms with van der Waals surface area (Å²) in [6.07, 6.45) is 3.32. The molecule has 1 saturated heterocycles. The molecule has 0 unspecified atom stereocenters. The fourth-order valence-corrected chi connectivity index (χ4v) is 4.36. The number of rotatable bonds is 8. The molecule has 1 aliphatic rings. The zero-order chi connectivity index (χ0) is 23.0. The second-order valence-corrected chi connectivity index (χ2v) is 8.46. The smallest absolute Gasteiger partial charge is 0.227 e. The average molecular weight is 447 g/mol. The maximum atomic E-state index is 13.4. The standard InChI is InChI=1S/C25H30N6O2/c1-2-12-29-14-15-30(24(32)11-13-31-19-26-27-28-31)18-23(25(29)33)17-20-7-6-10-22(16-20)21-8-4-3-5-9-21/h3-10,16,19,23H,2,11-15,17-18H2,1H3/t23-/m0/s1. The monoisotopic (exact) mass is 446 g/mol. The van der Waals surface area contributed by atoms with Gasteiger partial charge in [0.15, 0.2) is 0 Å². The highest BCUT2D eigenvalue weighted by atomic mass is 16.2. The van der Waals surface area contributed by atoms with E-state index in [0.29, 0.717) is 45.6 Å². The summed E-state index contributed by atoms with van der Waals surface area (Å²) in [6, 6.07) is 18.6. The van der Waals surface area contributed by atoms with E-state index in [1.165, 1.54) is 6.33 Å². The molecule has 1 atom stereocenters. The molecule has 0 radical (unpaired) electrons. The van der Waals surface area contributed by atoms with Crippen molar-refractivity contribution < 1.29 is 9.59 Å². The van der Waals surface area contributed by atoms with Gasteiger partial charge in [0.2, 0.25) is 11.8 Å². The van der Waals surface area contributed by atoms with Crippen molar-refractivity contribution in [2.24, 2.45) is 5.92 Å². The Hall–Kier alpha value is -3.55. The number of hydrogen-bond acceptors (Lipinski definition) is 5. The summed E-state index contributed by atoms with van der Waals surface area (Å²) in [6.45, 7) is 4.78. The molecule has 1 fully saturated rings. The molecule has 2 amide bonds. The van der Waals surface area contributed by atoms with Crippen LogP contribution in [0.25, 0.3) is 11.1 Å². The van der Waals surface area contributed by atoms with Crippen LogP contribution in [0.3, 0.4) is 0 Å². The second kappa shape index (κ2) is 10.8. The van der Waals surface area contributed by atoms with Crippen molar-refractivity contribution in [3.8, 4) is 11.1 Å². The van der Waals surface area contributed by atoms with E-state index in [2.05, 4.69) is 52.8 Å². The number of amides is 2. The normalized spacial score (nSPS) is 16.6. The number of hydrogen-bond donors (Lipinski definition) is 0. The van der Waals surface area contributed by atoms with Crippen LogP contribution >= 0.6 is 0 Å². The first kappa shape index (κ1) is 22.6. The predicted molar refractivity (Wildman–Crippen MR) is 125 cm³/mol. The molecule has 2 aromatic carbocycles. The fourth-order valence-electron chi connectivity index (χ4n) is 4.36. The molecule has 33 heavy (non-hydrogen) atoms. The van der Waals surface area contributed by atoms with Gasteiger partial charge in [-0.05, 0) is 40.0 Å². The zero-order valence-corrected chi connectivity index (χ0v) is 19.0. The van der Waals surface area contributed by atoms with Crippen LogP contribution in [0, 0.1) is 5.92 Å². The van der Waals surface area contributed by atoms with Gasteiger partial charge in [0.05, 0.1) is 12.5 Å². The van der Waals surface area contributed by atoms with Gasteiger partial charge in [-0.25, -0.2) is 4.68 Å². The van der Waals surface area contributed by atoms with E-state index in [9.17, 15) is 9.59 Å². The minimum atomic E-state index is -0.262. The molecule has 0 saturated carbocycles. The van der Waals surface area contributed by atoms with Crippen LogP contribution in [0.1, 0.15) is 25.3 Å². The Morgan fingerprint density at radius 2 is 1.85 bits per heavy atom. The number of aromatic nitrogens is 4. The molecule has 0 N–H and O–H groups in total. The Morgan fingerprint density at radius 1 is 1.03 bits per heavy atom. The van der Waals surface area contributed by atoms with E-state index in [0.717, 1.165) is 23.1 Å². The summed E-state index contributed by atoms with van der Waals surface area (Å²) >= 11 is 0. The Balaban J connectivity index is 1.50. The maximum absolute atomic E-state index is 13.4. The first-order chi connectivity index (χ1) is 16.1. The SMILES string of the molecule is CCCN1CCN(C(=O)CCn2cnnn2)C[C@H](Cc2cccc(-c3ccccc3)c2)C1=O. The first-order valence-electron chi connectivity index (χ1n) is 11.6. The number of aryl methyl sites for hydroxylation is 1. The number of benzene rings is 2. The van der Waals surface area contributed by atoms with E-state index >= 15 is 0 Å². The van der Waals surface area contributed by atoms with Crippen molar-refractivity contribution in [1.29, 1.82) is 0 Å². The van der Waals surface area contributed by atoms with Gasteiger partial charge in [0, 0.05) is 32.6 Å². The van der Waals surface area contributed by atoms with E-state index in [1.54, 1.807) is 4.68 Å². The molecule has 4 rings (SSSR count). The van der Waals surface area contributed by atoms with Crippen molar-refractivity contribution in [1.82, 2.24) is 30.0 Å². The Bertz CT molecular complexity index is 1050. The summed E-state index contributed by atoms with van der Waals surface area (Å²) in [5.74, 6) is -0.0977. The summed E-state index contributed by atoms with van der Waals surface area (Å²) in [5.41, 5.74) is 3.39. The molecule has 1 aliphatic heterocycles. The number of carbonyl (C=O) groups excluding carboxylic acids is 2. The molecule has 2 heterocycles. The van der Waals surface area contributed by atoms with Crippen molar-refractivity contribution in [3.05, 3.63) is 66.5 Å². The largest absolute Gasteiger partial charge is 0.341 e. The summed E-state index contributed by atoms with van der Waals surface area (Å²) in [5, 5.41) is 11.1. The van der Waals surface area contributed by atoms with Crippen LogP contribution in [0.15, 0.2) is 60.9 Å². The molecular weight excluding hydrogens is 416 g/mol. The van der Waals surface area contributed by atoms with Gasteiger partial charge in [0.1, 0.15) is 6.33 Å². The highest BCUT2D eigenvalue weighted by Gasteiger charge is 2.32. The van der Waals surface area contributed by atoms with Crippen LogP contribution in [0.4, 0.5) is 0 Å². The summed E-state index contributed by atoms with van der Waals surface area (Å²) < 4.78 is 1.55. The predicted octanol–water partition coefficient (Wildman–Crippen LogP) is 2.67. The number of tetrazole rings is 1. The lowest BCUT2D eigenvalue weighted by molar-refractivity contribution is -0.135. The Morgan fingerprint density at radius 3 is 2.61 bits per heavy atom. The maximum Gasteiger partial charge on any atom is 0.227 e. The number of carbonyl (C=O) groups is 2. The Labute approximate surface area is 194 Å². The molecule has 8 heteroatoms. The van der Waals surface area contributed by atoms with Crippen molar-refractivity contribution in [3.63, 3.8) is 0 Å². The van der Waals surface area contributed by atoms with Crippen molar-refractivity contribution in [2.75, 3.05) is 26.2 Å². The third kappa shape index (κ3) is 5.83. The zero-order valence-electron chi connectivity index (χ0n) is 19.0. The lowest BCUT2D eigenvalue weighted by Gasteiger charge is -2.24. The van der Waals surface area contributed by atoms with Crippen LogP contribution < -0.4 is 0 Å². The van der Waals surface area contributed by atoms with Gasteiger partial charge in [0.25, 0.3) is 0 Å². The lowest BCUT2D eigenvalue weighted by Crippen LogP contribution is -2.38. The molecule has 8 nitrogen and oxygen atoms in total. The third-order valence-electron chi connectivity index (χ3n) is 6.05. The van der Waals surface area contributed by atoms with Gasteiger partial charge in [-0.15, -0.1) is 5.10 Å². The quantitative estimate of drug-likeness (QED) is 0.531. The minimum Gasteiger partial charge on any atom is -0.341 e. The number of nitrogens with zero attached hydrogens (tertiary/aromatic N) is 6. The van der Waals surface area contributed by atoms with Gasteiger partial charge < -0.3 is 9.80 Å². The topological polar surface area (TPSA) is 84.2 Å². The van der Waals surface area contributed by atoms with Crippen molar-refractivity contribution >= 4 is 11.8 Å². The van der Waals surface area contributed by atoms with Gasteiger partial charge in [-0.2, -0.15) is 0 Å². The molecule has 0 spiro atoms. The average Bonchev–Trinajstić information content (AvgIpc) is 3.32. The fraction of sp³-hybridized carbons (Fsp3) is 0.400. The third-order valence-corrected chi connectivity index (χ3v) is 6.05. The molecule has 0 aliphatic carbocycles. The van der Waals surface area contributed by atoms with Crippen LogP contribution in [0.2, 0.25) is 0 Å². The van der Waals surface area contributed by atoms with E-state index < -0.39 is 0 Å². The highest BCUT2D eigenvalue weighted by Crippen LogP contribution is 2.23. The van der Waals surface area contributed by atoms with Gasteiger partial charge in [-0.3, -0.25) is 9.59 Å². The van der Waals surface area contributed by atoms with Crippen LogP contribution in [0.5, 0.6) is 0 Å². The van der Waals surface area contributed by atoms with Crippen LogP contribution in [-0.4, -0.2) is 68.0 Å². The first-order valence-corrected chi connectivity index (χ1v) is 11.6. The van der Waals surface area contributed by atoms with Crippen molar-refractivity contribution in [2.45, 2.75) is 32.7 Å². The molecule has 3 aromatic rings. The van der Waals surface area contributed by atoms with Gasteiger partial charge >= 0.3 is 0 Å². The Kier molecular flexibility index (Phi) is 7.44. The van der Waals surface area contributed by atoms with E-state index in [-0.39, 0.29) is 17.7 Å².